The number of rotatable bonds is 9. The van der Waals surface area contributed by atoms with Crippen LogP contribution in [-0.2, 0) is 20.9 Å². The highest BCUT2D eigenvalue weighted by atomic mass is 79.9. The van der Waals surface area contributed by atoms with Crippen molar-refractivity contribution in [2.45, 2.75) is 12.6 Å². The van der Waals surface area contributed by atoms with Crippen LogP contribution < -0.4 is 9.47 Å². The lowest BCUT2D eigenvalue weighted by molar-refractivity contribution is -0.140. The molecule has 4 rings (SSSR count). The maximum Gasteiger partial charge on any atom is 0.295 e. The van der Waals surface area contributed by atoms with E-state index >= 15 is 0 Å². The molecule has 0 radical (unpaired) electrons. The van der Waals surface area contributed by atoms with Gasteiger partial charge in [0.25, 0.3) is 11.7 Å². The van der Waals surface area contributed by atoms with Crippen molar-refractivity contribution in [3.05, 3.63) is 99.3 Å². The van der Waals surface area contributed by atoms with Gasteiger partial charge in [0.15, 0.2) is 0 Å². The van der Waals surface area contributed by atoms with E-state index in [1.165, 1.54) is 31.3 Å². The lowest BCUT2D eigenvalue weighted by Crippen LogP contribution is -2.32. The zero-order chi connectivity index (χ0) is 26.5. The van der Waals surface area contributed by atoms with Gasteiger partial charge in [0.1, 0.15) is 29.7 Å². The van der Waals surface area contributed by atoms with Gasteiger partial charge >= 0.3 is 0 Å². The molecule has 1 atom stereocenters. The van der Waals surface area contributed by atoms with Gasteiger partial charge in [-0.05, 0) is 69.5 Å². The lowest BCUT2D eigenvalue weighted by Gasteiger charge is -2.25. The Morgan fingerprint density at radius 3 is 2.35 bits per heavy atom. The van der Waals surface area contributed by atoms with Crippen LogP contribution in [0.5, 0.6) is 11.5 Å². The first-order valence-electron chi connectivity index (χ1n) is 11.4. The summed E-state index contributed by atoms with van der Waals surface area (Å²) >= 11 is 3.39. The third kappa shape index (κ3) is 5.68. The minimum atomic E-state index is -0.817. The first-order valence-corrected chi connectivity index (χ1v) is 12.2. The van der Waals surface area contributed by atoms with Gasteiger partial charge in [0, 0.05) is 19.2 Å². The second-order valence-electron chi connectivity index (χ2n) is 8.32. The number of nitrogens with zero attached hydrogens (tertiary/aromatic N) is 1. The number of hydrogen-bond acceptors (Lipinski definition) is 6. The Morgan fingerprint density at radius 2 is 1.73 bits per heavy atom. The van der Waals surface area contributed by atoms with E-state index in [-0.39, 0.29) is 36.9 Å². The first kappa shape index (κ1) is 26.4. The van der Waals surface area contributed by atoms with Gasteiger partial charge in [-0.3, -0.25) is 9.59 Å². The van der Waals surface area contributed by atoms with Crippen molar-refractivity contribution < 1.29 is 33.3 Å². The molecule has 0 aromatic heterocycles. The van der Waals surface area contributed by atoms with E-state index in [0.717, 1.165) is 5.56 Å². The van der Waals surface area contributed by atoms with E-state index in [0.29, 0.717) is 27.1 Å². The van der Waals surface area contributed by atoms with Crippen LogP contribution in [0.3, 0.4) is 0 Å². The number of halogens is 2. The second kappa shape index (κ2) is 11.6. The van der Waals surface area contributed by atoms with Crippen molar-refractivity contribution in [2.75, 3.05) is 27.4 Å². The van der Waals surface area contributed by atoms with Crippen molar-refractivity contribution in [3.8, 4) is 11.5 Å². The number of aliphatic hydroxyl groups excluding tert-OH is 1. The SMILES string of the molecule is COCCN1C(=O)C(=O)/C(=C(\O)c2ccc(OC)c(Br)c2)C1c1ccc(OCc2ccc(F)cc2)cc1. The number of methoxy groups -OCH3 is 2. The average molecular weight is 570 g/mol. The zero-order valence-corrected chi connectivity index (χ0v) is 21.8. The molecule has 1 amide bonds. The van der Waals surface area contributed by atoms with Crippen LogP contribution in [0.15, 0.2) is 76.8 Å². The molecule has 0 saturated carbocycles. The standard InChI is InChI=1S/C28H25BrFNO6/c1-35-14-13-31-25(18-5-10-21(11-6-18)37-16-17-3-8-20(30)9-4-17)24(27(33)28(31)34)26(32)19-7-12-23(36-2)22(29)15-19/h3-12,15,25,32H,13-14,16H2,1-2H3/b26-24-. The summed E-state index contributed by atoms with van der Waals surface area (Å²) in [5, 5.41) is 11.2. The van der Waals surface area contributed by atoms with Crippen LogP contribution >= 0.6 is 15.9 Å². The molecule has 7 nitrogen and oxygen atoms in total. The lowest BCUT2D eigenvalue weighted by atomic mass is 9.95. The molecule has 1 aliphatic rings. The van der Waals surface area contributed by atoms with Crippen LogP contribution in [0.4, 0.5) is 4.39 Å². The summed E-state index contributed by atoms with van der Waals surface area (Å²) in [6.07, 6.45) is 0. The number of carbonyl (C=O) groups is 2. The summed E-state index contributed by atoms with van der Waals surface area (Å²) in [5.41, 5.74) is 1.78. The quantitative estimate of drug-likeness (QED) is 0.215. The van der Waals surface area contributed by atoms with Gasteiger partial charge in [-0.1, -0.05) is 24.3 Å². The fourth-order valence-electron chi connectivity index (χ4n) is 4.11. The summed E-state index contributed by atoms with van der Waals surface area (Å²) in [6.45, 7) is 0.631. The van der Waals surface area contributed by atoms with Crippen molar-refractivity contribution in [3.63, 3.8) is 0 Å². The predicted octanol–water partition coefficient (Wildman–Crippen LogP) is 5.24. The van der Waals surface area contributed by atoms with Crippen LogP contribution in [-0.4, -0.2) is 49.1 Å². The Kier molecular flexibility index (Phi) is 8.25. The summed E-state index contributed by atoms with van der Waals surface area (Å²) in [6, 6.07) is 17.0. The number of benzene rings is 3. The number of likely N-dealkylation sites (tertiary alicyclic amines) is 1. The Labute approximate surface area is 222 Å². The second-order valence-corrected chi connectivity index (χ2v) is 9.17. The Hall–Kier alpha value is -3.69. The number of carbonyl (C=O) groups excluding carboxylic acids is 2. The molecule has 1 heterocycles. The molecule has 192 valence electrons. The third-order valence-corrected chi connectivity index (χ3v) is 6.64. The number of aliphatic hydroxyl groups is 1. The summed E-state index contributed by atoms with van der Waals surface area (Å²) < 4.78 is 29.9. The summed E-state index contributed by atoms with van der Waals surface area (Å²) in [4.78, 5) is 27.4. The molecule has 9 heteroatoms. The Bertz CT molecular complexity index is 1320. The van der Waals surface area contributed by atoms with Crippen LogP contribution in [0.25, 0.3) is 5.76 Å². The first-order chi connectivity index (χ1) is 17.8. The third-order valence-electron chi connectivity index (χ3n) is 6.02. The Morgan fingerprint density at radius 1 is 1.03 bits per heavy atom. The maximum atomic E-state index is 13.1. The van der Waals surface area contributed by atoms with Crippen molar-refractivity contribution in [1.82, 2.24) is 4.90 Å². The molecular formula is C28H25BrFNO6. The number of hydrogen-bond donors (Lipinski definition) is 1. The normalized spacial score (nSPS) is 16.8. The van der Waals surface area contributed by atoms with E-state index < -0.39 is 17.7 Å². The fourth-order valence-corrected chi connectivity index (χ4v) is 4.65. The van der Waals surface area contributed by atoms with Gasteiger partial charge < -0.3 is 24.2 Å². The number of Topliss-reactive ketones (excluding diaryl/α,β-unsaturated/α-hetero) is 1. The Balaban J connectivity index is 1.67. The molecule has 0 spiro atoms. The molecule has 3 aromatic carbocycles. The average Bonchev–Trinajstić information content (AvgIpc) is 3.16. The molecule has 1 aliphatic heterocycles. The van der Waals surface area contributed by atoms with Crippen molar-refractivity contribution in [2.24, 2.45) is 0 Å². The summed E-state index contributed by atoms with van der Waals surface area (Å²) in [7, 11) is 3.03. The molecule has 0 aliphatic carbocycles. The molecule has 1 N–H and O–H groups in total. The minimum absolute atomic E-state index is 0.0156. The topological polar surface area (TPSA) is 85.3 Å². The predicted molar refractivity (Wildman–Crippen MR) is 139 cm³/mol. The van der Waals surface area contributed by atoms with Crippen LogP contribution in [0.1, 0.15) is 22.7 Å². The summed E-state index contributed by atoms with van der Waals surface area (Å²) in [5.74, 6) is -0.981. The van der Waals surface area contributed by atoms with E-state index in [2.05, 4.69) is 15.9 Å². The molecule has 0 bridgehead atoms. The zero-order valence-electron chi connectivity index (χ0n) is 20.2. The van der Waals surface area contributed by atoms with E-state index in [4.69, 9.17) is 14.2 Å². The highest BCUT2D eigenvalue weighted by Crippen LogP contribution is 2.40. The van der Waals surface area contributed by atoms with E-state index in [9.17, 15) is 19.1 Å². The van der Waals surface area contributed by atoms with Gasteiger partial charge in [0.05, 0.1) is 29.8 Å². The number of ketones is 1. The highest BCUT2D eigenvalue weighted by molar-refractivity contribution is 9.10. The van der Waals surface area contributed by atoms with Crippen molar-refractivity contribution >= 4 is 33.4 Å². The minimum Gasteiger partial charge on any atom is -0.507 e. The largest absolute Gasteiger partial charge is 0.507 e. The molecular weight excluding hydrogens is 545 g/mol. The number of ether oxygens (including phenoxy) is 3. The maximum absolute atomic E-state index is 13.1. The smallest absolute Gasteiger partial charge is 0.295 e. The molecule has 3 aromatic rings. The van der Waals surface area contributed by atoms with E-state index in [1.54, 1.807) is 54.6 Å². The van der Waals surface area contributed by atoms with Crippen molar-refractivity contribution in [1.29, 1.82) is 0 Å². The monoisotopic (exact) mass is 569 g/mol. The molecule has 37 heavy (non-hydrogen) atoms. The van der Waals surface area contributed by atoms with Crippen LogP contribution in [0.2, 0.25) is 0 Å². The number of amides is 1. The van der Waals surface area contributed by atoms with Gasteiger partial charge in [-0.2, -0.15) is 0 Å². The molecule has 1 saturated heterocycles. The van der Waals surface area contributed by atoms with Crippen LogP contribution in [0, 0.1) is 5.82 Å². The van der Waals surface area contributed by atoms with E-state index in [1.807, 2.05) is 0 Å². The van der Waals surface area contributed by atoms with Gasteiger partial charge in [-0.25, -0.2) is 4.39 Å². The highest BCUT2D eigenvalue weighted by Gasteiger charge is 2.45. The fraction of sp³-hybridized carbons (Fsp3) is 0.214. The van der Waals surface area contributed by atoms with Gasteiger partial charge in [0.2, 0.25) is 0 Å². The van der Waals surface area contributed by atoms with Gasteiger partial charge in [-0.15, -0.1) is 0 Å². The molecule has 1 unspecified atom stereocenters. The molecule has 1 fully saturated rings.